The second-order valence-corrected chi connectivity index (χ2v) is 5.97. The average molecular weight is 316 g/mol. The molecule has 3 nitrogen and oxygen atoms in total. The van der Waals surface area contributed by atoms with Gasteiger partial charge in [-0.05, 0) is 38.2 Å². The number of cyclic esters (lactones) is 1. The molecule has 2 heterocycles. The van der Waals surface area contributed by atoms with Crippen LogP contribution < -0.4 is 0 Å². The lowest BCUT2D eigenvalue weighted by Crippen LogP contribution is -2.15. The largest absolute Gasteiger partial charge is 0.458 e. The predicted molar refractivity (Wildman–Crippen MR) is 93.1 cm³/mol. The zero-order valence-electron chi connectivity index (χ0n) is 14.0. The molecule has 0 unspecified atom stereocenters. The number of epoxide rings is 1. The Bertz CT molecular complexity index is 473. The number of carbonyl (C=O) groups excluding carboxylic acids is 1. The highest BCUT2D eigenvalue weighted by Crippen LogP contribution is 2.27. The third kappa shape index (κ3) is 7.47. The van der Waals surface area contributed by atoms with Crippen LogP contribution in [-0.4, -0.2) is 24.3 Å². The Morgan fingerprint density at radius 1 is 1.17 bits per heavy atom. The third-order valence-corrected chi connectivity index (χ3v) is 3.92. The summed E-state index contributed by atoms with van der Waals surface area (Å²) in [6, 6.07) is 0. The minimum Gasteiger partial charge on any atom is -0.458 e. The van der Waals surface area contributed by atoms with Gasteiger partial charge in [-0.2, -0.15) is 0 Å². The van der Waals surface area contributed by atoms with Crippen LogP contribution in [0.15, 0.2) is 48.6 Å². The average Bonchev–Trinajstić information content (AvgIpc) is 3.27. The highest BCUT2D eigenvalue weighted by atomic mass is 16.6. The molecule has 2 aliphatic rings. The van der Waals surface area contributed by atoms with E-state index >= 15 is 0 Å². The minimum absolute atomic E-state index is 0.0975. The van der Waals surface area contributed by atoms with Crippen LogP contribution in [0.3, 0.4) is 0 Å². The lowest BCUT2D eigenvalue weighted by Gasteiger charge is -2.11. The number of rotatable bonds is 7. The summed E-state index contributed by atoms with van der Waals surface area (Å²) in [6.07, 6.45) is 23.4. The topological polar surface area (TPSA) is 38.8 Å². The molecule has 0 aromatic carbocycles. The van der Waals surface area contributed by atoms with Crippen molar-refractivity contribution in [2.75, 3.05) is 0 Å². The first-order valence-electron chi connectivity index (χ1n) is 8.78. The van der Waals surface area contributed by atoms with Gasteiger partial charge in [-0.3, -0.25) is 4.79 Å². The minimum atomic E-state index is -0.156. The molecule has 23 heavy (non-hydrogen) atoms. The van der Waals surface area contributed by atoms with Gasteiger partial charge in [0.05, 0.1) is 6.10 Å². The van der Waals surface area contributed by atoms with E-state index < -0.39 is 0 Å². The van der Waals surface area contributed by atoms with Crippen molar-refractivity contribution in [3.05, 3.63) is 48.6 Å². The van der Waals surface area contributed by atoms with Crippen molar-refractivity contribution in [2.24, 2.45) is 0 Å². The molecule has 0 aliphatic carbocycles. The highest BCUT2D eigenvalue weighted by molar-refractivity contribution is 5.69. The second-order valence-electron chi connectivity index (χ2n) is 5.97. The van der Waals surface area contributed by atoms with E-state index in [0.717, 1.165) is 38.5 Å². The molecular weight excluding hydrogens is 288 g/mol. The molecule has 0 amide bonds. The molecule has 0 aromatic heterocycles. The molecule has 3 heteroatoms. The smallest absolute Gasteiger partial charge is 0.306 e. The summed E-state index contributed by atoms with van der Waals surface area (Å²) >= 11 is 0. The van der Waals surface area contributed by atoms with Crippen LogP contribution in [0, 0.1) is 0 Å². The first-order valence-corrected chi connectivity index (χ1v) is 8.78. The summed E-state index contributed by atoms with van der Waals surface area (Å²) in [5.74, 6) is -0.0975. The van der Waals surface area contributed by atoms with Crippen molar-refractivity contribution in [3.8, 4) is 0 Å². The number of ether oxygens (including phenoxy) is 2. The highest BCUT2D eigenvalue weighted by Gasteiger charge is 2.35. The number of hydrogen-bond donors (Lipinski definition) is 0. The molecule has 0 saturated carbocycles. The molecule has 1 fully saturated rings. The summed E-state index contributed by atoms with van der Waals surface area (Å²) < 4.78 is 11.1. The van der Waals surface area contributed by atoms with E-state index in [1.807, 2.05) is 12.2 Å². The number of carbonyl (C=O) groups is 1. The zero-order valence-corrected chi connectivity index (χ0v) is 14.0. The molecule has 2 rings (SSSR count). The lowest BCUT2D eigenvalue weighted by molar-refractivity contribution is -0.146. The SMILES string of the molecule is CC/C=C\C/C=C\C[C@H]1O[C@@H]1/C=C/[C@@H]1C/C=C\CCCC(=O)O1. The van der Waals surface area contributed by atoms with Crippen LogP contribution in [0.1, 0.15) is 51.9 Å². The summed E-state index contributed by atoms with van der Waals surface area (Å²) in [6.45, 7) is 2.14. The molecule has 1 saturated heterocycles. The van der Waals surface area contributed by atoms with E-state index in [1.54, 1.807) is 0 Å². The molecule has 0 spiro atoms. The fraction of sp³-hybridized carbons (Fsp3) is 0.550. The number of allylic oxidation sites excluding steroid dienone is 4. The zero-order chi connectivity index (χ0) is 16.3. The van der Waals surface area contributed by atoms with E-state index in [4.69, 9.17) is 9.47 Å². The van der Waals surface area contributed by atoms with Gasteiger partial charge in [-0.1, -0.05) is 49.5 Å². The van der Waals surface area contributed by atoms with Crippen molar-refractivity contribution in [3.63, 3.8) is 0 Å². The molecule has 0 aromatic rings. The first kappa shape index (κ1) is 17.7. The maximum atomic E-state index is 11.6. The van der Waals surface area contributed by atoms with Crippen LogP contribution in [0.2, 0.25) is 0 Å². The third-order valence-electron chi connectivity index (χ3n) is 3.92. The quantitative estimate of drug-likeness (QED) is 0.390. The Morgan fingerprint density at radius 2 is 2.04 bits per heavy atom. The van der Waals surface area contributed by atoms with Gasteiger partial charge in [0, 0.05) is 12.8 Å². The van der Waals surface area contributed by atoms with Gasteiger partial charge in [0.15, 0.2) is 0 Å². The summed E-state index contributed by atoms with van der Waals surface area (Å²) in [5.41, 5.74) is 0. The first-order chi connectivity index (χ1) is 11.3. The molecule has 3 atom stereocenters. The maximum absolute atomic E-state index is 11.6. The molecule has 0 N–H and O–H groups in total. The van der Waals surface area contributed by atoms with Crippen LogP contribution in [0.5, 0.6) is 0 Å². The van der Waals surface area contributed by atoms with E-state index in [-0.39, 0.29) is 24.3 Å². The van der Waals surface area contributed by atoms with Gasteiger partial charge >= 0.3 is 5.97 Å². The molecule has 2 aliphatic heterocycles. The lowest BCUT2D eigenvalue weighted by atomic mass is 10.1. The number of esters is 1. The fourth-order valence-corrected chi connectivity index (χ4v) is 2.52. The van der Waals surface area contributed by atoms with Crippen molar-refractivity contribution < 1.29 is 14.3 Å². The fourth-order valence-electron chi connectivity index (χ4n) is 2.52. The Labute approximate surface area is 139 Å². The van der Waals surface area contributed by atoms with Crippen molar-refractivity contribution >= 4 is 5.97 Å². The van der Waals surface area contributed by atoms with Crippen LogP contribution >= 0.6 is 0 Å². The predicted octanol–water partition coefficient (Wildman–Crippen LogP) is 4.65. The Balaban J connectivity index is 1.69. The van der Waals surface area contributed by atoms with Gasteiger partial charge in [0.2, 0.25) is 0 Å². The van der Waals surface area contributed by atoms with Crippen molar-refractivity contribution in [2.45, 2.75) is 70.2 Å². The van der Waals surface area contributed by atoms with Gasteiger partial charge < -0.3 is 9.47 Å². The monoisotopic (exact) mass is 316 g/mol. The second kappa shape index (κ2) is 10.2. The van der Waals surface area contributed by atoms with E-state index in [9.17, 15) is 4.79 Å². The van der Waals surface area contributed by atoms with Gasteiger partial charge in [0.25, 0.3) is 0 Å². The van der Waals surface area contributed by atoms with Crippen LogP contribution in [0.4, 0.5) is 0 Å². The van der Waals surface area contributed by atoms with E-state index in [2.05, 4.69) is 43.4 Å². The maximum Gasteiger partial charge on any atom is 0.306 e. The molecule has 0 bridgehead atoms. The van der Waals surface area contributed by atoms with Gasteiger partial charge in [-0.15, -0.1) is 0 Å². The summed E-state index contributed by atoms with van der Waals surface area (Å²) in [5, 5.41) is 0. The van der Waals surface area contributed by atoms with Crippen molar-refractivity contribution in [1.82, 2.24) is 0 Å². The van der Waals surface area contributed by atoms with Crippen LogP contribution in [0.25, 0.3) is 0 Å². The summed E-state index contributed by atoms with van der Waals surface area (Å²) in [7, 11) is 0. The normalized spacial score (nSPS) is 30.3. The molecule has 126 valence electrons. The van der Waals surface area contributed by atoms with Crippen molar-refractivity contribution in [1.29, 1.82) is 0 Å². The van der Waals surface area contributed by atoms with Gasteiger partial charge in [-0.25, -0.2) is 0 Å². The molecular formula is C20H28O3. The Hall–Kier alpha value is -1.61. The Kier molecular flexibility index (Phi) is 7.88. The van der Waals surface area contributed by atoms with Crippen LogP contribution in [-0.2, 0) is 14.3 Å². The molecule has 0 radical (unpaired) electrons. The van der Waals surface area contributed by atoms with E-state index in [0.29, 0.717) is 6.42 Å². The standard InChI is InChI=1S/C20H28O3/c1-2-3-4-5-6-10-13-18-19(23-18)16-15-17-12-9-7-8-11-14-20(21)22-17/h3-4,6-7,9-10,15-19H,2,5,8,11-14H2,1H3/b4-3-,9-7-,10-6-,16-15+/t17-,18+,19+/m0/s1. The van der Waals surface area contributed by atoms with E-state index in [1.165, 1.54) is 0 Å². The Morgan fingerprint density at radius 3 is 2.91 bits per heavy atom. The summed E-state index contributed by atoms with van der Waals surface area (Å²) in [4.78, 5) is 11.6. The number of hydrogen-bond acceptors (Lipinski definition) is 3. The van der Waals surface area contributed by atoms with Gasteiger partial charge in [0.1, 0.15) is 12.2 Å².